The van der Waals surface area contributed by atoms with Gasteiger partial charge in [0.15, 0.2) is 0 Å². The zero-order valence-corrected chi connectivity index (χ0v) is 17.8. The van der Waals surface area contributed by atoms with Crippen LogP contribution in [0.1, 0.15) is 67.4 Å². The molecule has 3 nitrogen and oxygen atoms in total. The minimum atomic E-state index is -1.15. The van der Waals surface area contributed by atoms with Crippen LogP contribution in [0.25, 0.3) is 0 Å². The molecule has 1 atom stereocenters. The Labute approximate surface area is 180 Å². The van der Waals surface area contributed by atoms with Crippen molar-refractivity contribution in [2.75, 3.05) is 0 Å². The molecule has 1 saturated carbocycles. The van der Waals surface area contributed by atoms with Crippen molar-refractivity contribution >= 4 is 5.97 Å². The van der Waals surface area contributed by atoms with Crippen molar-refractivity contribution in [1.29, 1.82) is 5.26 Å². The summed E-state index contributed by atoms with van der Waals surface area (Å²) in [5.74, 6) is -2.66. The number of nitriles is 1. The van der Waals surface area contributed by atoms with Gasteiger partial charge in [-0.05, 0) is 54.7 Å². The number of halogens is 3. The lowest BCUT2D eigenvalue weighted by Gasteiger charge is -2.32. The zero-order valence-electron chi connectivity index (χ0n) is 17.8. The van der Waals surface area contributed by atoms with Crippen LogP contribution in [0.15, 0.2) is 30.3 Å². The van der Waals surface area contributed by atoms with Gasteiger partial charge in [0.2, 0.25) is 0 Å². The van der Waals surface area contributed by atoms with E-state index < -0.39 is 34.7 Å². The average Bonchev–Trinajstić information content (AvgIpc) is 2.73. The number of carbonyl (C=O) groups is 1. The molecule has 0 heterocycles. The Morgan fingerprint density at radius 3 is 2.29 bits per heavy atom. The summed E-state index contributed by atoms with van der Waals surface area (Å²) in [5.41, 5.74) is -0.285. The van der Waals surface area contributed by atoms with E-state index in [1.807, 2.05) is 0 Å². The zero-order chi connectivity index (χ0) is 22.5. The monoisotopic (exact) mass is 429 g/mol. The second kappa shape index (κ2) is 10.00. The minimum Gasteiger partial charge on any atom is -0.423 e. The first kappa shape index (κ1) is 22.9. The predicted molar refractivity (Wildman–Crippen MR) is 111 cm³/mol. The van der Waals surface area contributed by atoms with Crippen molar-refractivity contribution in [2.45, 2.75) is 52.4 Å². The Bertz CT molecular complexity index is 968. The predicted octanol–water partition coefficient (Wildman–Crippen LogP) is 6.59. The van der Waals surface area contributed by atoms with Gasteiger partial charge >= 0.3 is 5.97 Å². The van der Waals surface area contributed by atoms with E-state index in [9.17, 15) is 18.0 Å². The Hall–Kier alpha value is -2.81. The first-order valence-corrected chi connectivity index (χ1v) is 10.7. The van der Waals surface area contributed by atoms with Gasteiger partial charge in [-0.25, -0.2) is 18.0 Å². The first-order chi connectivity index (χ1) is 14.8. The Kier molecular flexibility index (Phi) is 7.37. The molecule has 0 bridgehead atoms. The van der Waals surface area contributed by atoms with E-state index in [1.165, 1.54) is 50.3 Å². The summed E-state index contributed by atoms with van der Waals surface area (Å²) >= 11 is 0. The molecule has 0 amide bonds. The van der Waals surface area contributed by atoms with Crippen molar-refractivity contribution in [2.24, 2.45) is 17.8 Å². The van der Waals surface area contributed by atoms with Gasteiger partial charge in [-0.1, -0.05) is 39.2 Å². The number of carbonyl (C=O) groups excluding carboxylic acids is 1. The van der Waals surface area contributed by atoms with Crippen LogP contribution in [0, 0.1) is 46.5 Å². The van der Waals surface area contributed by atoms with Gasteiger partial charge in [0.1, 0.15) is 34.8 Å². The smallest absolute Gasteiger partial charge is 0.346 e. The number of nitrogens with zero attached hydrogens (tertiary/aromatic N) is 1. The minimum absolute atomic E-state index is 0.315. The van der Waals surface area contributed by atoms with Crippen LogP contribution in [0.4, 0.5) is 13.2 Å². The van der Waals surface area contributed by atoms with Gasteiger partial charge in [0.25, 0.3) is 0 Å². The summed E-state index contributed by atoms with van der Waals surface area (Å²) in [5, 5.41) is 8.69. The van der Waals surface area contributed by atoms with Gasteiger partial charge < -0.3 is 4.74 Å². The van der Waals surface area contributed by atoms with E-state index in [-0.39, 0.29) is 5.56 Å². The molecule has 1 aliphatic rings. The third-order valence-corrected chi connectivity index (χ3v) is 6.42. The molecule has 2 aromatic carbocycles. The summed E-state index contributed by atoms with van der Waals surface area (Å²) in [6.07, 6.45) is 6.85. The molecule has 31 heavy (non-hydrogen) atoms. The van der Waals surface area contributed by atoms with Crippen LogP contribution in [0.5, 0.6) is 5.75 Å². The lowest BCUT2D eigenvalue weighted by molar-refractivity contribution is 0.0729. The molecular weight excluding hydrogens is 403 g/mol. The van der Waals surface area contributed by atoms with Crippen molar-refractivity contribution in [3.05, 3.63) is 64.5 Å². The van der Waals surface area contributed by atoms with Crippen LogP contribution >= 0.6 is 0 Å². The van der Waals surface area contributed by atoms with E-state index in [1.54, 1.807) is 6.07 Å². The molecule has 3 rings (SSSR count). The van der Waals surface area contributed by atoms with Crippen LogP contribution in [-0.2, 0) is 6.42 Å². The molecule has 0 radical (unpaired) electrons. The highest BCUT2D eigenvalue weighted by Gasteiger charge is 2.25. The molecule has 0 aromatic heterocycles. The topological polar surface area (TPSA) is 50.1 Å². The molecule has 0 aliphatic heterocycles. The molecule has 0 N–H and O–H groups in total. The van der Waals surface area contributed by atoms with Crippen molar-refractivity contribution < 1.29 is 22.7 Å². The first-order valence-electron chi connectivity index (χ1n) is 10.7. The van der Waals surface area contributed by atoms with Gasteiger partial charge in [0.05, 0.1) is 5.56 Å². The highest BCUT2D eigenvalue weighted by atomic mass is 19.1. The van der Waals surface area contributed by atoms with E-state index in [2.05, 4.69) is 13.8 Å². The van der Waals surface area contributed by atoms with E-state index in [0.29, 0.717) is 11.8 Å². The number of hydrogen-bond acceptors (Lipinski definition) is 3. The largest absolute Gasteiger partial charge is 0.423 e. The summed E-state index contributed by atoms with van der Waals surface area (Å²) < 4.78 is 46.9. The highest BCUT2D eigenvalue weighted by molar-refractivity contribution is 5.91. The number of benzene rings is 2. The molecule has 1 unspecified atom stereocenters. The second-order valence-electron chi connectivity index (χ2n) is 8.45. The van der Waals surface area contributed by atoms with Crippen molar-refractivity contribution in [3.63, 3.8) is 0 Å². The molecule has 1 aliphatic carbocycles. The molecule has 0 saturated heterocycles. The van der Waals surface area contributed by atoms with Gasteiger partial charge in [-0.15, -0.1) is 0 Å². The summed E-state index contributed by atoms with van der Waals surface area (Å²) in [7, 11) is 0. The Morgan fingerprint density at radius 2 is 1.74 bits per heavy atom. The quantitative estimate of drug-likeness (QED) is 0.384. The van der Waals surface area contributed by atoms with Crippen molar-refractivity contribution in [3.8, 4) is 11.8 Å². The number of rotatable bonds is 6. The van der Waals surface area contributed by atoms with Gasteiger partial charge in [0, 0.05) is 12.1 Å². The van der Waals surface area contributed by atoms with E-state index >= 15 is 0 Å². The van der Waals surface area contributed by atoms with Crippen molar-refractivity contribution in [1.82, 2.24) is 0 Å². The molecular formula is C25H26F3NO2. The fourth-order valence-corrected chi connectivity index (χ4v) is 4.43. The fourth-order valence-electron chi connectivity index (χ4n) is 4.43. The Morgan fingerprint density at radius 1 is 1.10 bits per heavy atom. The van der Waals surface area contributed by atoms with Gasteiger partial charge in [-0.2, -0.15) is 5.26 Å². The molecule has 2 aromatic rings. The molecule has 6 heteroatoms. The number of hydrogen-bond donors (Lipinski definition) is 0. The van der Waals surface area contributed by atoms with Crippen LogP contribution in [0.2, 0.25) is 0 Å². The summed E-state index contributed by atoms with van der Waals surface area (Å²) in [6, 6.07) is 7.18. The second-order valence-corrected chi connectivity index (χ2v) is 8.45. The average molecular weight is 429 g/mol. The molecule has 164 valence electrons. The van der Waals surface area contributed by atoms with Crippen LogP contribution in [0.3, 0.4) is 0 Å². The van der Waals surface area contributed by atoms with Gasteiger partial charge in [-0.3, -0.25) is 0 Å². The summed E-state index contributed by atoms with van der Waals surface area (Å²) in [4.78, 5) is 12.3. The lowest BCUT2D eigenvalue weighted by Crippen LogP contribution is -2.21. The fraction of sp³-hybridized carbons (Fsp3) is 0.440. The SMILES string of the molecule is CCC1CCC(C(C)Cc2ccc(C(=O)Oc3cc(F)c(C#N)c(F)c3)c(F)c2)CC1. The normalized spacial score (nSPS) is 19.5. The van der Waals surface area contributed by atoms with Crippen LogP contribution < -0.4 is 4.74 Å². The number of esters is 1. The highest BCUT2D eigenvalue weighted by Crippen LogP contribution is 2.36. The summed E-state index contributed by atoms with van der Waals surface area (Å²) in [6.45, 7) is 4.42. The lowest BCUT2D eigenvalue weighted by atomic mass is 9.74. The number of ether oxygens (including phenoxy) is 1. The third-order valence-electron chi connectivity index (χ3n) is 6.42. The maximum Gasteiger partial charge on any atom is 0.346 e. The maximum absolute atomic E-state index is 14.6. The third kappa shape index (κ3) is 5.46. The van der Waals surface area contributed by atoms with E-state index in [4.69, 9.17) is 10.00 Å². The maximum atomic E-state index is 14.6. The molecule has 0 spiro atoms. The van der Waals surface area contributed by atoms with Crippen LogP contribution in [-0.4, -0.2) is 5.97 Å². The standard InChI is InChI=1S/C25H26F3NO2/c1-3-16-4-7-18(8-5-16)15(2)10-17-6-9-20(22(26)11-17)25(30)31-19-12-23(27)21(14-29)24(28)13-19/h6,9,11-13,15-16,18H,3-5,7-8,10H2,1-2H3. The molecule has 1 fully saturated rings. The van der Waals surface area contributed by atoms with E-state index in [0.717, 1.165) is 30.0 Å². The Balaban J connectivity index is 1.65.